The molecule has 1 aromatic carbocycles. The van der Waals surface area contributed by atoms with Crippen molar-refractivity contribution in [3.63, 3.8) is 0 Å². The fraction of sp³-hybridized carbons (Fsp3) is 0.333. The highest BCUT2D eigenvalue weighted by atomic mass is 79.9. The van der Waals surface area contributed by atoms with Gasteiger partial charge in [0.1, 0.15) is 0 Å². The number of halogens is 2. The Hall–Kier alpha value is -0.300. The van der Waals surface area contributed by atoms with Gasteiger partial charge in [0.15, 0.2) is 0 Å². The maximum atomic E-state index is 5.51. The molecule has 0 aliphatic heterocycles. The first kappa shape index (κ1) is 12.8. The van der Waals surface area contributed by atoms with E-state index in [2.05, 4.69) is 50.0 Å². The van der Waals surface area contributed by atoms with Crippen LogP contribution in [0.5, 0.6) is 0 Å². The molecule has 0 amide bonds. The zero-order valence-electron chi connectivity index (χ0n) is 8.56. The van der Waals surface area contributed by atoms with Crippen molar-refractivity contribution in [3.8, 4) is 12.3 Å². The molecular weight excluding hydrogens is 318 g/mol. The maximum absolute atomic E-state index is 5.51. The third-order valence-electron chi connectivity index (χ3n) is 2.04. The maximum Gasteiger partial charge on any atom is 0.0954 e. The molecule has 0 spiro atoms. The lowest BCUT2D eigenvalue weighted by Gasteiger charge is -2.14. The van der Waals surface area contributed by atoms with Crippen LogP contribution >= 0.6 is 31.9 Å². The molecule has 0 saturated carbocycles. The summed E-state index contributed by atoms with van der Waals surface area (Å²) in [5.74, 6) is 2.76. The summed E-state index contributed by atoms with van der Waals surface area (Å²) in [6, 6.07) is 6.01. The van der Waals surface area contributed by atoms with Crippen molar-refractivity contribution in [1.82, 2.24) is 5.32 Å². The number of nitrogens with one attached hydrogen (secondary N) is 1. The highest BCUT2D eigenvalue weighted by Gasteiger charge is 2.10. The van der Waals surface area contributed by atoms with Crippen molar-refractivity contribution in [3.05, 3.63) is 32.7 Å². The van der Waals surface area contributed by atoms with E-state index in [9.17, 15) is 0 Å². The summed E-state index contributed by atoms with van der Waals surface area (Å²) in [6.45, 7) is 3.05. The molecule has 0 fully saturated rings. The van der Waals surface area contributed by atoms with E-state index < -0.39 is 0 Å². The Morgan fingerprint density at radius 2 is 2.20 bits per heavy atom. The molecule has 0 aliphatic rings. The summed E-state index contributed by atoms with van der Waals surface area (Å²) < 4.78 is 2.08. The van der Waals surface area contributed by atoms with Gasteiger partial charge >= 0.3 is 0 Å². The van der Waals surface area contributed by atoms with Gasteiger partial charge in [0, 0.05) is 8.95 Å². The zero-order valence-corrected chi connectivity index (χ0v) is 11.7. The molecule has 15 heavy (non-hydrogen) atoms. The molecule has 0 radical (unpaired) electrons. The van der Waals surface area contributed by atoms with Gasteiger partial charge in [0.2, 0.25) is 0 Å². The second-order valence-corrected chi connectivity index (χ2v) is 4.99. The number of terminal acetylenes is 1. The van der Waals surface area contributed by atoms with Gasteiger partial charge in [-0.1, -0.05) is 50.8 Å². The van der Waals surface area contributed by atoms with E-state index in [1.54, 1.807) is 0 Å². The summed E-state index contributed by atoms with van der Waals surface area (Å²) in [6.07, 6.45) is 6.58. The van der Waals surface area contributed by atoms with Crippen LogP contribution in [0.3, 0.4) is 0 Å². The lowest BCUT2D eigenvalue weighted by molar-refractivity contribution is 0.625. The van der Waals surface area contributed by atoms with Crippen molar-refractivity contribution in [1.29, 1.82) is 0 Å². The minimum absolute atomic E-state index is 0.0209. The molecule has 0 heterocycles. The van der Waals surface area contributed by atoms with Crippen LogP contribution in [0.15, 0.2) is 27.1 Å². The van der Waals surface area contributed by atoms with Crippen molar-refractivity contribution >= 4 is 31.9 Å². The van der Waals surface area contributed by atoms with Gasteiger partial charge < -0.3 is 0 Å². The van der Waals surface area contributed by atoms with Crippen molar-refractivity contribution in [2.45, 2.75) is 19.4 Å². The fourth-order valence-electron chi connectivity index (χ4n) is 1.28. The molecule has 1 atom stereocenters. The predicted molar refractivity (Wildman–Crippen MR) is 71.7 cm³/mol. The molecule has 1 unspecified atom stereocenters. The van der Waals surface area contributed by atoms with Gasteiger partial charge in [0.05, 0.1) is 6.04 Å². The summed E-state index contributed by atoms with van der Waals surface area (Å²) in [4.78, 5) is 0. The van der Waals surface area contributed by atoms with E-state index in [0.717, 1.165) is 27.5 Å². The molecule has 1 nitrogen and oxygen atoms in total. The van der Waals surface area contributed by atoms with Crippen LogP contribution in [0.1, 0.15) is 24.9 Å². The predicted octanol–water partition coefficient (Wildman–Crippen LogP) is 3.89. The smallest absolute Gasteiger partial charge is 0.0954 e. The molecule has 0 aromatic heterocycles. The Kier molecular flexibility index (Phi) is 5.38. The third kappa shape index (κ3) is 3.64. The quantitative estimate of drug-likeness (QED) is 0.826. The molecule has 0 aliphatic carbocycles. The minimum Gasteiger partial charge on any atom is -0.300 e. The van der Waals surface area contributed by atoms with E-state index in [1.807, 2.05) is 18.2 Å². The Bertz CT molecular complexity index is 368. The van der Waals surface area contributed by atoms with Crippen LogP contribution in [0.4, 0.5) is 0 Å². The Morgan fingerprint density at radius 3 is 2.73 bits per heavy atom. The second kappa shape index (κ2) is 6.32. The summed E-state index contributed by atoms with van der Waals surface area (Å²) >= 11 is 6.93. The molecule has 1 rings (SSSR count). The Labute approximate surface area is 108 Å². The van der Waals surface area contributed by atoms with E-state index in [0.29, 0.717) is 0 Å². The first-order chi connectivity index (χ1) is 7.19. The van der Waals surface area contributed by atoms with Crippen LogP contribution in [-0.4, -0.2) is 6.54 Å². The minimum atomic E-state index is -0.0209. The highest BCUT2D eigenvalue weighted by molar-refractivity contribution is 9.11. The second-order valence-electron chi connectivity index (χ2n) is 3.22. The van der Waals surface area contributed by atoms with E-state index in [1.165, 1.54) is 0 Å². The Balaban J connectivity index is 2.88. The molecule has 3 heteroatoms. The lowest BCUT2D eigenvalue weighted by atomic mass is 10.1. The summed E-state index contributed by atoms with van der Waals surface area (Å²) in [5.41, 5.74) is 1.11. The normalized spacial score (nSPS) is 12.1. The molecule has 1 N–H and O–H groups in total. The fourth-order valence-corrected chi connectivity index (χ4v) is 2.56. The van der Waals surface area contributed by atoms with Crippen molar-refractivity contribution in [2.24, 2.45) is 0 Å². The van der Waals surface area contributed by atoms with Crippen molar-refractivity contribution in [2.75, 3.05) is 6.54 Å². The van der Waals surface area contributed by atoms with Gasteiger partial charge in [-0.3, -0.25) is 5.32 Å². The van der Waals surface area contributed by atoms with E-state index >= 15 is 0 Å². The number of benzene rings is 1. The first-order valence-corrected chi connectivity index (χ1v) is 6.42. The topological polar surface area (TPSA) is 12.0 Å². The van der Waals surface area contributed by atoms with Crippen LogP contribution < -0.4 is 5.32 Å². The van der Waals surface area contributed by atoms with Crippen LogP contribution in [0.2, 0.25) is 0 Å². The van der Waals surface area contributed by atoms with Crippen LogP contribution in [0.25, 0.3) is 0 Å². The van der Waals surface area contributed by atoms with Gasteiger partial charge in [-0.05, 0) is 30.7 Å². The number of hydrogen-bond donors (Lipinski definition) is 1. The monoisotopic (exact) mass is 329 g/mol. The van der Waals surface area contributed by atoms with E-state index in [4.69, 9.17) is 6.42 Å². The van der Waals surface area contributed by atoms with Gasteiger partial charge in [-0.25, -0.2) is 0 Å². The van der Waals surface area contributed by atoms with Gasteiger partial charge in [0.25, 0.3) is 0 Å². The standard InChI is InChI=1S/C12H13Br2N/c1-3-7-15-12(4-2)10-6-5-9(13)8-11(10)14/h2,5-6,8,12,15H,3,7H2,1H3. The molecule has 0 saturated heterocycles. The van der Waals surface area contributed by atoms with Crippen LogP contribution in [-0.2, 0) is 0 Å². The van der Waals surface area contributed by atoms with Crippen molar-refractivity contribution < 1.29 is 0 Å². The average Bonchev–Trinajstić information content (AvgIpc) is 2.21. The lowest BCUT2D eigenvalue weighted by Crippen LogP contribution is -2.20. The molecule has 1 aromatic rings. The van der Waals surface area contributed by atoms with Gasteiger partial charge in [-0.15, -0.1) is 6.42 Å². The summed E-state index contributed by atoms with van der Waals surface area (Å²) in [7, 11) is 0. The largest absolute Gasteiger partial charge is 0.300 e. The number of rotatable bonds is 4. The average molecular weight is 331 g/mol. The van der Waals surface area contributed by atoms with E-state index in [-0.39, 0.29) is 6.04 Å². The first-order valence-electron chi connectivity index (χ1n) is 4.83. The van der Waals surface area contributed by atoms with Gasteiger partial charge in [-0.2, -0.15) is 0 Å². The Morgan fingerprint density at radius 1 is 1.47 bits per heavy atom. The number of hydrogen-bond acceptors (Lipinski definition) is 1. The van der Waals surface area contributed by atoms with Crippen LogP contribution in [0, 0.1) is 12.3 Å². The molecule has 80 valence electrons. The highest BCUT2D eigenvalue weighted by Crippen LogP contribution is 2.26. The SMILES string of the molecule is C#CC(NCCC)c1ccc(Br)cc1Br. The zero-order chi connectivity index (χ0) is 11.3. The molecular formula is C12H13Br2N. The molecule has 0 bridgehead atoms. The third-order valence-corrected chi connectivity index (χ3v) is 3.22. The summed E-state index contributed by atoms with van der Waals surface area (Å²) in [5, 5.41) is 3.31.